The van der Waals surface area contributed by atoms with Gasteiger partial charge in [0, 0.05) is 18.4 Å². The predicted octanol–water partition coefficient (Wildman–Crippen LogP) is 2.93. The summed E-state index contributed by atoms with van der Waals surface area (Å²) in [7, 11) is 3.84. The predicted molar refractivity (Wildman–Crippen MR) is 93.2 cm³/mol. The van der Waals surface area contributed by atoms with Crippen LogP contribution < -0.4 is 5.32 Å². The summed E-state index contributed by atoms with van der Waals surface area (Å²) in [4.78, 5) is 18.9. The summed E-state index contributed by atoms with van der Waals surface area (Å²) in [5, 5.41) is 3.03. The molecule has 0 unspecified atom stereocenters. The average Bonchev–Trinajstić information content (AvgIpc) is 2.48. The van der Waals surface area contributed by atoms with E-state index in [1.165, 1.54) is 5.56 Å². The molecule has 23 heavy (non-hydrogen) atoms. The van der Waals surface area contributed by atoms with Crippen LogP contribution in [0.1, 0.15) is 34.0 Å². The van der Waals surface area contributed by atoms with Gasteiger partial charge in [0.1, 0.15) is 6.04 Å². The SMILES string of the molecule is Cc1ccc([C@H](C(=O)NCc2cnc(C)cc2C)N(C)C)cc1. The average molecular weight is 311 g/mol. The fraction of sp³-hybridized carbons (Fsp3) is 0.368. The molecule has 0 fully saturated rings. The Morgan fingerprint density at radius 1 is 1.17 bits per heavy atom. The molecule has 1 N–H and O–H groups in total. The van der Waals surface area contributed by atoms with Crippen LogP contribution in [0.15, 0.2) is 36.5 Å². The molecule has 0 saturated carbocycles. The lowest BCUT2D eigenvalue weighted by molar-refractivity contribution is -0.125. The standard InChI is InChI=1S/C19H25N3O/c1-13-6-8-16(9-7-13)18(22(4)5)19(23)21-12-17-11-20-15(3)10-14(17)2/h6-11,18H,12H2,1-5H3,(H,21,23)/t18-/m1/s1. The van der Waals surface area contributed by atoms with Crippen molar-refractivity contribution in [3.05, 3.63) is 64.5 Å². The summed E-state index contributed by atoms with van der Waals surface area (Å²) in [6.07, 6.45) is 1.83. The molecule has 4 heteroatoms. The Morgan fingerprint density at radius 3 is 2.39 bits per heavy atom. The summed E-state index contributed by atoms with van der Waals surface area (Å²) in [6.45, 7) is 6.55. The second-order valence-corrected chi connectivity index (χ2v) is 6.25. The largest absolute Gasteiger partial charge is 0.350 e. The highest BCUT2D eigenvalue weighted by atomic mass is 16.2. The van der Waals surface area contributed by atoms with Gasteiger partial charge in [-0.15, -0.1) is 0 Å². The highest BCUT2D eigenvalue weighted by Crippen LogP contribution is 2.19. The number of aryl methyl sites for hydroxylation is 3. The van der Waals surface area contributed by atoms with Crippen molar-refractivity contribution in [3.63, 3.8) is 0 Å². The van der Waals surface area contributed by atoms with Crippen molar-refractivity contribution in [1.29, 1.82) is 0 Å². The quantitative estimate of drug-likeness (QED) is 0.923. The number of nitrogens with zero attached hydrogens (tertiary/aromatic N) is 2. The molecule has 1 heterocycles. The maximum atomic E-state index is 12.6. The number of carbonyl (C=O) groups excluding carboxylic acids is 1. The van der Waals surface area contributed by atoms with Gasteiger partial charge in [-0.2, -0.15) is 0 Å². The molecule has 1 amide bonds. The Labute approximate surface area is 138 Å². The molecule has 4 nitrogen and oxygen atoms in total. The van der Waals surface area contributed by atoms with Crippen molar-refractivity contribution < 1.29 is 4.79 Å². The summed E-state index contributed by atoms with van der Waals surface area (Å²) < 4.78 is 0. The van der Waals surface area contributed by atoms with Crippen molar-refractivity contribution in [1.82, 2.24) is 15.2 Å². The van der Waals surface area contributed by atoms with E-state index in [0.29, 0.717) is 6.54 Å². The third kappa shape index (κ3) is 4.39. The molecule has 1 aromatic heterocycles. The number of hydrogen-bond acceptors (Lipinski definition) is 3. The van der Waals surface area contributed by atoms with Gasteiger partial charge in [0.15, 0.2) is 0 Å². The van der Waals surface area contributed by atoms with Crippen molar-refractivity contribution in [2.75, 3.05) is 14.1 Å². The van der Waals surface area contributed by atoms with Crippen LogP contribution in [0.2, 0.25) is 0 Å². The smallest absolute Gasteiger partial charge is 0.242 e. The zero-order valence-electron chi connectivity index (χ0n) is 14.6. The number of rotatable bonds is 5. The molecular formula is C19H25N3O. The van der Waals surface area contributed by atoms with Gasteiger partial charge >= 0.3 is 0 Å². The van der Waals surface area contributed by atoms with E-state index in [-0.39, 0.29) is 11.9 Å². The van der Waals surface area contributed by atoms with Crippen LogP contribution in [0.25, 0.3) is 0 Å². The summed E-state index contributed by atoms with van der Waals surface area (Å²) in [5.41, 5.74) is 5.37. The number of amides is 1. The molecule has 1 atom stereocenters. The van der Waals surface area contributed by atoms with Gasteiger partial charge in [0.2, 0.25) is 5.91 Å². The van der Waals surface area contributed by atoms with Gasteiger partial charge < -0.3 is 5.32 Å². The van der Waals surface area contributed by atoms with Crippen LogP contribution in [-0.4, -0.2) is 29.9 Å². The molecule has 1 aromatic carbocycles. The van der Waals surface area contributed by atoms with Crippen LogP contribution in [0, 0.1) is 20.8 Å². The van der Waals surface area contributed by atoms with Crippen LogP contribution >= 0.6 is 0 Å². The number of carbonyl (C=O) groups is 1. The van der Waals surface area contributed by atoms with Crippen LogP contribution in [0.5, 0.6) is 0 Å². The van der Waals surface area contributed by atoms with E-state index in [2.05, 4.69) is 10.3 Å². The lowest BCUT2D eigenvalue weighted by Crippen LogP contribution is -2.36. The van der Waals surface area contributed by atoms with E-state index in [4.69, 9.17) is 0 Å². The number of nitrogens with one attached hydrogen (secondary N) is 1. The van der Waals surface area contributed by atoms with Crippen molar-refractivity contribution in [2.24, 2.45) is 0 Å². The van der Waals surface area contributed by atoms with Crippen molar-refractivity contribution >= 4 is 5.91 Å². The van der Waals surface area contributed by atoms with E-state index in [1.807, 2.05) is 76.3 Å². The summed E-state index contributed by atoms with van der Waals surface area (Å²) >= 11 is 0. The Balaban J connectivity index is 2.11. The van der Waals surface area contributed by atoms with Gasteiger partial charge in [0.25, 0.3) is 0 Å². The van der Waals surface area contributed by atoms with Crippen molar-refractivity contribution in [3.8, 4) is 0 Å². The third-order valence-corrected chi connectivity index (χ3v) is 3.97. The molecular weight excluding hydrogens is 286 g/mol. The second kappa shape index (κ2) is 7.38. The molecule has 0 aliphatic rings. The first-order chi connectivity index (χ1) is 10.9. The molecule has 0 aliphatic carbocycles. The molecule has 0 bridgehead atoms. The Bertz CT molecular complexity index is 678. The van der Waals surface area contributed by atoms with E-state index in [0.717, 1.165) is 22.4 Å². The molecule has 122 valence electrons. The molecule has 0 radical (unpaired) electrons. The molecule has 2 aromatic rings. The fourth-order valence-corrected chi connectivity index (χ4v) is 2.62. The Kier molecular flexibility index (Phi) is 5.50. The fourth-order valence-electron chi connectivity index (χ4n) is 2.62. The maximum Gasteiger partial charge on any atom is 0.242 e. The van der Waals surface area contributed by atoms with Crippen LogP contribution in [0.4, 0.5) is 0 Å². The number of benzene rings is 1. The highest BCUT2D eigenvalue weighted by Gasteiger charge is 2.22. The molecule has 0 aliphatic heterocycles. The Morgan fingerprint density at radius 2 is 1.83 bits per heavy atom. The normalized spacial score (nSPS) is 12.3. The van der Waals surface area contributed by atoms with Crippen LogP contribution in [0.3, 0.4) is 0 Å². The van der Waals surface area contributed by atoms with Gasteiger partial charge in [-0.1, -0.05) is 29.8 Å². The second-order valence-electron chi connectivity index (χ2n) is 6.25. The minimum Gasteiger partial charge on any atom is -0.350 e. The molecule has 0 saturated heterocycles. The monoisotopic (exact) mass is 311 g/mol. The third-order valence-electron chi connectivity index (χ3n) is 3.97. The Hall–Kier alpha value is -2.20. The number of aromatic nitrogens is 1. The van der Waals surface area contributed by atoms with Gasteiger partial charge in [0.05, 0.1) is 0 Å². The number of likely N-dealkylation sites (N-methyl/N-ethyl adjacent to an activating group) is 1. The molecule has 0 spiro atoms. The van der Waals surface area contributed by atoms with Crippen LogP contribution in [-0.2, 0) is 11.3 Å². The highest BCUT2D eigenvalue weighted by molar-refractivity contribution is 5.83. The van der Waals surface area contributed by atoms with Gasteiger partial charge in [-0.3, -0.25) is 14.7 Å². The zero-order chi connectivity index (χ0) is 17.0. The van der Waals surface area contributed by atoms with Gasteiger partial charge in [-0.05, 0) is 57.6 Å². The van der Waals surface area contributed by atoms with E-state index in [9.17, 15) is 4.79 Å². The minimum absolute atomic E-state index is 0.00109. The van der Waals surface area contributed by atoms with Gasteiger partial charge in [-0.25, -0.2) is 0 Å². The van der Waals surface area contributed by atoms with E-state index < -0.39 is 0 Å². The first kappa shape index (κ1) is 17.2. The lowest BCUT2D eigenvalue weighted by atomic mass is 10.0. The number of hydrogen-bond donors (Lipinski definition) is 1. The maximum absolute atomic E-state index is 12.6. The van der Waals surface area contributed by atoms with Crippen molar-refractivity contribution in [2.45, 2.75) is 33.4 Å². The first-order valence-electron chi connectivity index (χ1n) is 7.81. The lowest BCUT2D eigenvalue weighted by Gasteiger charge is -2.24. The van der Waals surface area contributed by atoms with E-state index in [1.54, 1.807) is 0 Å². The first-order valence-corrected chi connectivity index (χ1v) is 7.81. The zero-order valence-corrected chi connectivity index (χ0v) is 14.6. The molecule has 2 rings (SSSR count). The topological polar surface area (TPSA) is 45.2 Å². The number of pyridine rings is 1. The van der Waals surface area contributed by atoms with E-state index >= 15 is 0 Å². The minimum atomic E-state index is -0.297. The summed E-state index contributed by atoms with van der Waals surface area (Å²) in [5.74, 6) is -0.00109. The summed E-state index contributed by atoms with van der Waals surface area (Å²) in [6, 6.07) is 9.83.